The lowest BCUT2D eigenvalue weighted by Crippen LogP contribution is -2.15. The zero-order chi connectivity index (χ0) is 29.9. The number of para-hydroxylation sites is 3. The van der Waals surface area contributed by atoms with E-state index in [9.17, 15) is 0 Å². The molecule has 0 amide bonds. The third-order valence-electron chi connectivity index (χ3n) is 10.3. The molecule has 10 rings (SSSR count). The maximum absolute atomic E-state index is 2.50. The monoisotopic (exact) mass is 574 g/mol. The van der Waals surface area contributed by atoms with Crippen molar-refractivity contribution in [2.75, 3.05) is 0 Å². The molecule has 1 aliphatic rings. The molecule has 0 atom stereocenters. The van der Waals surface area contributed by atoms with Gasteiger partial charge >= 0.3 is 0 Å². The van der Waals surface area contributed by atoms with Gasteiger partial charge in [-0.15, -0.1) is 0 Å². The quantitative estimate of drug-likeness (QED) is 0.194. The summed E-state index contributed by atoms with van der Waals surface area (Å²) >= 11 is 0. The third-order valence-corrected chi connectivity index (χ3v) is 10.3. The highest BCUT2D eigenvalue weighted by atomic mass is 15.0. The molecule has 7 aromatic carbocycles. The highest BCUT2D eigenvalue weighted by Gasteiger charge is 2.37. The summed E-state index contributed by atoms with van der Waals surface area (Å²) in [5.74, 6) is 0. The van der Waals surface area contributed by atoms with E-state index in [0.717, 1.165) is 0 Å². The van der Waals surface area contributed by atoms with Crippen molar-refractivity contribution < 1.29 is 0 Å². The second-order valence-electron chi connectivity index (χ2n) is 13.0. The number of aromatic nitrogens is 2. The Bertz CT molecular complexity index is 2670. The SMILES string of the molecule is CC1(C)c2ccccc2-c2ccc3c(ccc4c5ccccc5n(-c5ccc6c(c5)c5ccccc5n6-c5ccccc5)c34)c21. The first-order valence-corrected chi connectivity index (χ1v) is 15.8. The second-order valence-corrected chi connectivity index (χ2v) is 13.0. The standard InChI is InChI=1S/C43H30N2/c1-43(2)37-17-9-6-14-29(37)32-21-24-35-33(41(32)43)22-23-34-30-15-7-11-19-39(30)45(42(34)35)28-20-25-40-36(26-28)31-16-8-10-18-38(31)44(40)27-12-4-3-5-13-27/h3-26H,1-2H3. The molecule has 212 valence electrons. The predicted octanol–water partition coefficient (Wildman–Crippen LogP) is 11.3. The van der Waals surface area contributed by atoms with Crippen LogP contribution in [0.4, 0.5) is 0 Å². The molecule has 0 saturated carbocycles. The van der Waals surface area contributed by atoms with Crippen molar-refractivity contribution in [1.82, 2.24) is 9.13 Å². The van der Waals surface area contributed by atoms with Crippen LogP contribution < -0.4 is 0 Å². The van der Waals surface area contributed by atoms with Gasteiger partial charge in [0.2, 0.25) is 0 Å². The normalized spacial score (nSPS) is 13.7. The second kappa shape index (κ2) is 8.74. The molecule has 45 heavy (non-hydrogen) atoms. The largest absolute Gasteiger partial charge is 0.309 e. The Morgan fingerprint density at radius 3 is 1.82 bits per heavy atom. The van der Waals surface area contributed by atoms with Crippen LogP contribution in [-0.4, -0.2) is 9.13 Å². The van der Waals surface area contributed by atoms with E-state index < -0.39 is 0 Å². The predicted molar refractivity (Wildman–Crippen MR) is 190 cm³/mol. The maximum atomic E-state index is 2.50. The Morgan fingerprint density at radius 1 is 0.400 bits per heavy atom. The highest BCUT2D eigenvalue weighted by molar-refractivity contribution is 6.20. The Morgan fingerprint density at radius 2 is 1.00 bits per heavy atom. The first-order chi connectivity index (χ1) is 22.1. The van der Waals surface area contributed by atoms with E-state index in [1.165, 1.54) is 88.0 Å². The van der Waals surface area contributed by atoms with Crippen molar-refractivity contribution in [3.05, 3.63) is 157 Å². The summed E-state index contributed by atoms with van der Waals surface area (Å²) in [6.45, 7) is 4.76. The van der Waals surface area contributed by atoms with E-state index >= 15 is 0 Å². The third kappa shape index (κ3) is 3.18. The zero-order valence-electron chi connectivity index (χ0n) is 25.3. The van der Waals surface area contributed by atoms with Gasteiger partial charge in [-0.25, -0.2) is 0 Å². The van der Waals surface area contributed by atoms with Crippen LogP contribution in [0.2, 0.25) is 0 Å². The van der Waals surface area contributed by atoms with Crippen LogP contribution in [-0.2, 0) is 5.41 Å². The first-order valence-electron chi connectivity index (χ1n) is 15.8. The smallest absolute Gasteiger partial charge is 0.0619 e. The molecule has 2 aromatic heterocycles. The van der Waals surface area contributed by atoms with E-state index in [1.807, 2.05) is 0 Å². The molecule has 2 nitrogen and oxygen atoms in total. The average molecular weight is 575 g/mol. The fraction of sp³-hybridized carbons (Fsp3) is 0.0698. The van der Waals surface area contributed by atoms with Crippen LogP contribution in [0.3, 0.4) is 0 Å². The van der Waals surface area contributed by atoms with Crippen molar-refractivity contribution in [2.45, 2.75) is 19.3 Å². The van der Waals surface area contributed by atoms with Crippen LogP contribution >= 0.6 is 0 Å². The van der Waals surface area contributed by atoms with E-state index in [-0.39, 0.29) is 5.41 Å². The van der Waals surface area contributed by atoms with Crippen LogP contribution in [0.15, 0.2) is 146 Å². The average Bonchev–Trinajstić information content (AvgIpc) is 3.68. The number of nitrogens with zero attached hydrogens (tertiary/aromatic N) is 2. The summed E-state index contributed by atoms with van der Waals surface area (Å²) in [6.07, 6.45) is 0. The molecular formula is C43H30N2. The fourth-order valence-corrected chi connectivity index (χ4v) is 8.38. The molecule has 0 spiro atoms. The van der Waals surface area contributed by atoms with Crippen molar-refractivity contribution in [2.24, 2.45) is 0 Å². The molecule has 1 aliphatic carbocycles. The van der Waals surface area contributed by atoms with Crippen LogP contribution in [0.5, 0.6) is 0 Å². The molecule has 0 N–H and O–H groups in total. The molecule has 2 heterocycles. The van der Waals surface area contributed by atoms with Crippen molar-refractivity contribution >= 4 is 54.4 Å². The number of fused-ring (bicyclic) bond motifs is 12. The zero-order valence-corrected chi connectivity index (χ0v) is 25.3. The minimum Gasteiger partial charge on any atom is -0.309 e. The van der Waals surface area contributed by atoms with Gasteiger partial charge in [0.15, 0.2) is 0 Å². The Balaban J connectivity index is 1.31. The Labute approximate surface area is 261 Å². The number of hydrogen-bond donors (Lipinski definition) is 0. The lowest BCUT2D eigenvalue weighted by Gasteiger charge is -2.23. The lowest BCUT2D eigenvalue weighted by molar-refractivity contribution is 0.666. The van der Waals surface area contributed by atoms with Gasteiger partial charge in [0.25, 0.3) is 0 Å². The number of benzene rings is 7. The topological polar surface area (TPSA) is 9.86 Å². The molecule has 0 aliphatic heterocycles. The van der Waals surface area contributed by atoms with E-state index in [1.54, 1.807) is 0 Å². The van der Waals surface area contributed by atoms with E-state index in [4.69, 9.17) is 0 Å². The minimum absolute atomic E-state index is 0.0753. The van der Waals surface area contributed by atoms with Gasteiger partial charge in [-0.3, -0.25) is 0 Å². The molecule has 0 fully saturated rings. The summed E-state index contributed by atoms with van der Waals surface area (Å²) in [5.41, 5.74) is 12.8. The number of rotatable bonds is 2. The highest BCUT2D eigenvalue weighted by Crippen LogP contribution is 2.52. The molecule has 9 aromatic rings. The van der Waals surface area contributed by atoms with Gasteiger partial charge in [-0.2, -0.15) is 0 Å². The van der Waals surface area contributed by atoms with Crippen LogP contribution in [0.1, 0.15) is 25.0 Å². The molecule has 0 unspecified atom stereocenters. The van der Waals surface area contributed by atoms with E-state index in [0.29, 0.717) is 0 Å². The molecule has 2 heteroatoms. The van der Waals surface area contributed by atoms with Crippen molar-refractivity contribution in [3.63, 3.8) is 0 Å². The summed E-state index contributed by atoms with van der Waals surface area (Å²) in [5, 5.41) is 7.74. The molecular weight excluding hydrogens is 544 g/mol. The van der Waals surface area contributed by atoms with Gasteiger partial charge in [0.1, 0.15) is 0 Å². The van der Waals surface area contributed by atoms with Gasteiger partial charge in [0.05, 0.1) is 22.1 Å². The summed E-state index contributed by atoms with van der Waals surface area (Å²) in [6, 6.07) is 53.7. The van der Waals surface area contributed by atoms with E-state index in [2.05, 4.69) is 169 Å². The van der Waals surface area contributed by atoms with Crippen molar-refractivity contribution in [3.8, 4) is 22.5 Å². The van der Waals surface area contributed by atoms with Gasteiger partial charge in [0, 0.05) is 43.7 Å². The molecule has 0 saturated heterocycles. The summed E-state index contributed by atoms with van der Waals surface area (Å²) < 4.78 is 4.89. The summed E-state index contributed by atoms with van der Waals surface area (Å²) in [4.78, 5) is 0. The Kier molecular flexibility index (Phi) is 4.82. The van der Waals surface area contributed by atoms with Crippen molar-refractivity contribution in [1.29, 1.82) is 0 Å². The number of hydrogen-bond acceptors (Lipinski definition) is 0. The molecule has 0 radical (unpaired) electrons. The Hall–Kier alpha value is -5.60. The lowest BCUT2D eigenvalue weighted by atomic mass is 9.80. The molecule has 0 bridgehead atoms. The van der Waals surface area contributed by atoms with Crippen LogP contribution in [0.25, 0.3) is 76.9 Å². The van der Waals surface area contributed by atoms with Gasteiger partial charge in [-0.05, 0) is 70.1 Å². The maximum Gasteiger partial charge on any atom is 0.0619 e. The fourth-order valence-electron chi connectivity index (χ4n) is 8.38. The van der Waals surface area contributed by atoms with Crippen LogP contribution in [0, 0.1) is 0 Å². The van der Waals surface area contributed by atoms with Gasteiger partial charge in [-0.1, -0.05) is 117 Å². The minimum atomic E-state index is -0.0753. The van der Waals surface area contributed by atoms with Gasteiger partial charge < -0.3 is 9.13 Å². The summed E-state index contributed by atoms with van der Waals surface area (Å²) in [7, 11) is 0. The first kappa shape index (κ1) is 24.8.